The fraction of sp³-hybridized carbons (Fsp3) is 0.364. The van der Waals surface area contributed by atoms with Gasteiger partial charge in [0.1, 0.15) is 5.69 Å². The van der Waals surface area contributed by atoms with Crippen molar-refractivity contribution >= 4 is 0 Å². The molecule has 17 heavy (non-hydrogen) atoms. The standard InChI is InChI=1S/C11H14N4O2/c1-3-7-10(16)13-9(14-11(7)17)8-5-6-12-15(8)4-2/h5-6H,3-4H2,1-2H3,(H2,13,14,16,17). The zero-order chi connectivity index (χ0) is 12.4. The highest BCUT2D eigenvalue weighted by molar-refractivity contribution is 5.50. The molecular formula is C11H14N4O2. The van der Waals surface area contributed by atoms with Crippen LogP contribution in [0.15, 0.2) is 17.1 Å². The lowest BCUT2D eigenvalue weighted by Crippen LogP contribution is -2.15. The SMILES string of the molecule is CCc1c(O)nc(-c2ccnn2CC)[nH]c1=O. The van der Waals surface area contributed by atoms with Crippen molar-refractivity contribution in [2.75, 3.05) is 0 Å². The van der Waals surface area contributed by atoms with Gasteiger partial charge in [-0.1, -0.05) is 6.92 Å². The highest BCUT2D eigenvalue weighted by Gasteiger charge is 2.12. The molecule has 0 atom stereocenters. The van der Waals surface area contributed by atoms with E-state index in [1.54, 1.807) is 23.9 Å². The maximum atomic E-state index is 11.7. The minimum absolute atomic E-state index is 0.213. The largest absolute Gasteiger partial charge is 0.493 e. The number of nitrogens with zero attached hydrogens (tertiary/aromatic N) is 3. The van der Waals surface area contributed by atoms with Gasteiger partial charge in [-0.05, 0) is 19.4 Å². The molecule has 0 aromatic carbocycles. The molecule has 0 aliphatic rings. The van der Waals surface area contributed by atoms with Crippen molar-refractivity contribution in [2.24, 2.45) is 0 Å². The van der Waals surface area contributed by atoms with Crippen LogP contribution >= 0.6 is 0 Å². The first-order chi connectivity index (χ1) is 8.17. The molecular weight excluding hydrogens is 220 g/mol. The molecule has 2 rings (SSSR count). The molecule has 2 N–H and O–H groups in total. The van der Waals surface area contributed by atoms with Gasteiger partial charge in [-0.2, -0.15) is 10.1 Å². The van der Waals surface area contributed by atoms with Crippen molar-refractivity contribution in [1.82, 2.24) is 19.7 Å². The second kappa shape index (κ2) is 4.40. The van der Waals surface area contributed by atoms with Crippen molar-refractivity contribution < 1.29 is 5.11 Å². The van der Waals surface area contributed by atoms with E-state index < -0.39 is 0 Å². The molecule has 0 fully saturated rings. The van der Waals surface area contributed by atoms with Crippen LogP contribution in [-0.4, -0.2) is 24.9 Å². The molecule has 0 aliphatic carbocycles. The number of aryl methyl sites for hydroxylation is 1. The topological polar surface area (TPSA) is 83.8 Å². The van der Waals surface area contributed by atoms with Crippen molar-refractivity contribution in [2.45, 2.75) is 26.8 Å². The molecule has 2 heterocycles. The molecule has 0 amide bonds. The summed E-state index contributed by atoms with van der Waals surface area (Å²) >= 11 is 0. The smallest absolute Gasteiger partial charge is 0.258 e. The van der Waals surface area contributed by atoms with Gasteiger partial charge in [-0.25, -0.2) is 0 Å². The lowest BCUT2D eigenvalue weighted by molar-refractivity contribution is 0.444. The van der Waals surface area contributed by atoms with E-state index in [-0.39, 0.29) is 11.4 Å². The van der Waals surface area contributed by atoms with E-state index in [0.29, 0.717) is 30.0 Å². The predicted octanol–water partition coefficient (Wildman–Crippen LogP) is 0.921. The molecule has 0 saturated heterocycles. The van der Waals surface area contributed by atoms with Crippen LogP contribution in [-0.2, 0) is 13.0 Å². The van der Waals surface area contributed by atoms with E-state index in [4.69, 9.17) is 0 Å². The summed E-state index contributed by atoms with van der Waals surface area (Å²) in [5, 5.41) is 13.8. The monoisotopic (exact) mass is 234 g/mol. The third-order valence-corrected chi connectivity index (χ3v) is 2.61. The lowest BCUT2D eigenvalue weighted by Gasteiger charge is -2.06. The van der Waals surface area contributed by atoms with Gasteiger partial charge in [0.15, 0.2) is 5.82 Å². The Morgan fingerprint density at radius 2 is 2.24 bits per heavy atom. The van der Waals surface area contributed by atoms with Gasteiger partial charge in [-0.15, -0.1) is 0 Å². The van der Waals surface area contributed by atoms with Crippen molar-refractivity contribution in [1.29, 1.82) is 0 Å². The molecule has 0 bridgehead atoms. The number of rotatable bonds is 3. The zero-order valence-electron chi connectivity index (χ0n) is 9.77. The molecule has 0 spiro atoms. The first kappa shape index (κ1) is 11.4. The Bertz CT molecular complexity index is 585. The summed E-state index contributed by atoms with van der Waals surface area (Å²) in [4.78, 5) is 18.4. The van der Waals surface area contributed by atoms with E-state index in [1.807, 2.05) is 6.92 Å². The number of aromatic hydroxyl groups is 1. The number of aromatic amines is 1. The Balaban J connectivity index is 2.58. The van der Waals surface area contributed by atoms with E-state index in [9.17, 15) is 9.90 Å². The summed E-state index contributed by atoms with van der Waals surface area (Å²) < 4.78 is 1.70. The highest BCUT2D eigenvalue weighted by atomic mass is 16.3. The highest BCUT2D eigenvalue weighted by Crippen LogP contribution is 2.17. The first-order valence-electron chi connectivity index (χ1n) is 5.51. The quantitative estimate of drug-likeness (QED) is 0.827. The minimum atomic E-state index is -0.307. The third kappa shape index (κ3) is 1.93. The van der Waals surface area contributed by atoms with Crippen molar-refractivity contribution in [3.8, 4) is 17.4 Å². The van der Waals surface area contributed by atoms with E-state index in [0.717, 1.165) is 0 Å². The average Bonchev–Trinajstić information content (AvgIpc) is 2.76. The molecule has 0 unspecified atom stereocenters. The Labute approximate surface area is 98.0 Å². The normalized spacial score (nSPS) is 10.7. The number of aromatic nitrogens is 4. The summed E-state index contributed by atoms with van der Waals surface area (Å²) in [5.74, 6) is 0.124. The number of H-pyrrole nitrogens is 1. The van der Waals surface area contributed by atoms with Gasteiger partial charge in [-0.3, -0.25) is 9.48 Å². The van der Waals surface area contributed by atoms with Crippen molar-refractivity contribution in [3.63, 3.8) is 0 Å². The van der Waals surface area contributed by atoms with E-state index in [2.05, 4.69) is 15.1 Å². The van der Waals surface area contributed by atoms with Crippen LogP contribution in [0.2, 0.25) is 0 Å². The van der Waals surface area contributed by atoms with Gasteiger partial charge in [0.2, 0.25) is 5.88 Å². The fourth-order valence-corrected chi connectivity index (χ4v) is 1.71. The van der Waals surface area contributed by atoms with Crippen LogP contribution in [0.25, 0.3) is 11.5 Å². The average molecular weight is 234 g/mol. The van der Waals surface area contributed by atoms with Gasteiger partial charge in [0.05, 0.1) is 5.56 Å². The maximum absolute atomic E-state index is 11.7. The number of hydrogen-bond acceptors (Lipinski definition) is 4. The third-order valence-electron chi connectivity index (χ3n) is 2.61. The van der Waals surface area contributed by atoms with Crippen LogP contribution in [0.4, 0.5) is 0 Å². The van der Waals surface area contributed by atoms with Crippen molar-refractivity contribution in [3.05, 3.63) is 28.2 Å². The molecule has 0 saturated carbocycles. The van der Waals surface area contributed by atoms with Gasteiger partial charge < -0.3 is 10.1 Å². The summed E-state index contributed by atoms with van der Waals surface area (Å²) in [7, 11) is 0. The Kier molecular flexibility index (Phi) is 2.95. The molecule has 6 heteroatoms. The zero-order valence-corrected chi connectivity index (χ0v) is 9.77. The molecule has 2 aromatic heterocycles. The lowest BCUT2D eigenvalue weighted by atomic mass is 10.2. The molecule has 6 nitrogen and oxygen atoms in total. The van der Waals surface area contributed by atoms with Crippen LogP contribution < -0.4 is 5.56 Å². The second-order valence-corrected chi connectivity index (χ2v) is 3.60. The summed E-state index contributed by atoms with van der Waals surface area (Å²) in [5.41, 5.74) is 0.678. The second-order valence-electron chi connectivity index (χ2n) is 3.60. The Hall–Kier alpha value is -2.11. The summed E-state index contributed by atoms with van der Waals surface area (Å²) in [6.45, 7) is 4.40. The van der Waals surface area contributed by atoms with Crippen LogP contribution in [0.3, 0.4) is 0 Å². The summed E-state index contributed by atoms with van der Waals surface area (Å²) in [6, 6.07) is 1.74. The van der Waals surface area contributed by atoms with E-state index in [1.165, 1.54) is 0 Å². The fourth-order valence-electron chi connectivity index (χ4n) is 1.71. The van der Waals surface area contributed by atoms with Gasteiger partial charge >= 0.3 is 0 Å². The predicted molar refractivity (Wildman–Crippen MR) is 62.8 cm³/mol. The summed E-state index contributed by atoms with van der Waals surface area (Å²) in [6.07, 6.45) is 2.07. The van der Waals surface area contributed by atoms with Crippen LogP contribution in [0, 0.1) is 0 Å². The first-order valence-corrected chi connectivity index (χ1v) is 5.51. The molecule has 90 valence electrons. The molecule has 2 aromatic rings. The van der Waals surface area contributed by atoms with Crippen LogP contribution in [0.5, 0.6) is 5.88 Å². The Morgan fingerprint density at radius 1 is 1.47 bits per heavy atom. The van der Waals surface area contributed by atoms with E-state index >= 15 is 0 Å². The number of hydrogen-bond donors (Lipinski definition) is 2. The maximum Gasteiger partial charge on any atom is 0.258 e. The Morgan fingerprint density at radius 3 is 2.82 bits per heavy atom. The minimum Gasteiger partial charge on any atom is -0.493 e. The molecule has 0 radical (unpaired) electrons. The van der Waals surface area contributed by atoms with Crippen LogP contribution in [0.1, 0.15) is 19.4 Å². The molecule has 0 aliphatic heterocycles. The van der Waals surface area contributed by atoms with Gasteiger partial charge in [0.25, 0.3) is 5.56 Å². The van der Waals surface area contributed by atoms with Gasteiger partial charge in [0, 0.05) is 12.7 Å². The number of nitrogens with one attached hydrogen (secondary N) is 1.